The summed E-state index contributed by atoms with van der Waals surface area (Å²) in [6.45, 7) is 2.11. The zero-order valence-electron chi connectivity index (χ0n) is 8.33. The minimum atomic E-state index is 0.671. The number of nitrogen functional groups attached to an aromatic ring is 1. The first-order chi connectivity index (χ1) is 7.22. The van der Waals surface area contributed by atoms with Crippen LogP contribution in [0.25, 0.3) is 11.1 Å². The lowest BCUT2D eigenvalue weighted by molar-refractivity contribution is 1.19. The number of nitrogens with two attached hydrogens (primary N) is 1. The van der Waals surface area contributed by atoms with Crippen molar-refractivity contribution in [2.75, 3.05) is 5.73 Å². The van der Waals surface area contributed by atoms with Gasteiger partial charge in [-0.05, 0) is 24.1 Å². The molecule has 0 unspecified atom stereocenters. The number of nitrogens with zero attached hydrogens (tertiary/aromatic N) is 1. The van der Waals surface area contributed by atoms with Gasteiger partial charge in [-0.2, -0.15) is 0 Å². The van der Waals surface area contributed by atoms with Crippen molar-refractivity contribution in [3.8, 4) is 11.1 Å². The molecule has 0 aliphatic rings. The van der Waals surface area contributed by atoms with Crippen molar-refractivity contribution >= 4 is 27.9 Å². The number of aromatic nitrogens is 1. The van der Waals surface area contributed by atoms with Gasteiger partial charge in [-0.15, -0.1) is 11.3 Å². The predicted octanol–water partition coefficient (Wildman–Crippen LogP) is 3.61. The van der Waals surface area contributed by atoms with Gasteiger partial charge in [0.1, 0.15) is 0 Å². The van der Waals surface area contributed by atoms with Crippen LogP contribution in [0, 0.1) is 0 Å². The predicted molar refractivity (Wildman–Crippen MR) is 66.4 cm³/mol. The molecule has 2 aromatic heterocycles. The van der Waals surface area contributed by atoms with Crippen molar-refractivity contribution in [1.29, 1.82) is 0 Å². The summed E-state index contributed by atoms with van der Waals surface area (Å²) in [5.74, 6) is 0. The Morgan fingerprint density at radius 1 is 1.47 bits per heavy atom. The molecule has 0 bridgehead atoms. The average molecular weight is 239 g/mol. The largest absolute Gasteiger partial charge is 0.391 e. The first-order valence-corrected chi connectivity index (χ1v) is 5.90. The SMILES string of the molecule is CCc1sc(N)cc1-c1ccncc1Cl. The quantitative estimate of drug-likeness (QED) is 0.868. The molecule has 0 fully saturated rings. The number of aryl methyl sites for hydroxylation is 1. The van der Waals surface area contributed by atoms with E-state index in [0.29, 0.717) is 5.02 Å². The lowest BCUT2D eigenvalue weighted by Crippen LogP contribution is -1.83. The van der Waals surface area contributed by atoms with Crippen molar-refractivity contribution in [3.05, 3.63) is 34.4 Å². The summed E-state index contributed by atoms with van der Waals surface area (Å²) >= 11 is 7.71. The molecule has 0 atom stereocenters. The van der Waals surface area contributed by atoms with Crippen LogP contribution in [0.2, 0.25) is 5.02 Å². The third kappa shape index (κ3) is 1.98. The number of halogens is 1. The molecule has 78 valence electrons. The fourth-order valence-corrected chi connectivity index (χ4v) is 2.64. The maximum atomic E-state index is 6.10. The topological polar surface area (TPSA) is 38.9 Å². The minimum absolute atomic E-state index is 0.671. The molecule has 0 radical (unpaired) electrons. The maximum absolute atomic E-state index is 6.10. The van der Waals surface area contributed by atoms with E-state index < -0.39 is 0 Å². The summed E-state index contributed by atoms with van der Waals surface area (Å²) in [4.78, 5) is 5.24. The summed E-state index contributed by atoms with van der Waals surface area (Å²) in [6, 6.07) is 3.90. The zero-order valence-corrected chi connectivity index (χ0v) is 9.90. The normalized spacial score (nSPS) is 10.5. The standard InChI is InChI=1S/C11H11ClN2S/c1-2-10-8(5-11(13)15-10)7-3-4-14-6-9(7)12/h3-6H,2,13H2,1H3. The highest BCUT2D eigenvalue weighted by Gasteiger charge is 2.10. The molecule has 0 aliphatic carbocycles. The van der Waals surface area contributed by atoms with Crippen LogP contribution in [0.5, 0.6) is 0 Å². The molecule has 2 heterocycles. The van der Waals surface area contributed by atoms with Crippen LogP contribution >= 0.6 is 22.9 Å². The van der Waals surface area contributed by atoms with Gasteiger partial charge in [-0.25, -0.2) is 0 Å². The molecule has 4 heteroatoms. The number of anilines is 1. The number of pyridine rings is 1. The van der Waals surface area contributed by atoms with E-state index >= 15 is 0 Å². The maximum Gasteiger partial charge on any atom is 0.0865 e. The van der Waals surface area contributed by atoms with Gasteiger partial charge in [0.15, 0.2) is 0 Å². The number of rotatable bonds is 2. The molecule has 0 spiro atoms. The van der Waals surface area contributed by atoms with Crippen molar-refractivity contribution in [2.24, 2.45) is 0 Å². The summed E-state index contributed by atoms with van der Waals surface area (Å²) < 4.78 is 0. The Hall–Kier alpha value is -1.06. The molecule has 0 aromatic carbocycles. The molecule has 15 heavy (non-hydrogen) atoms. The Kier molecular flexibility index (Phi) is 2.93. The fourth-order valence-electron chi connectivity index (χ4n) is 1.53. The van der Waals surface area contributed by atoms with Gasteiger partial charge in [0.05, 0.1) is 10.0 Å². The molecule has 0 saturated carbocycles. The van der Waals surface area contributed by atoms with Crippen molar-refractivity contribution in [2.45, 2.75) is 13.3 Å². The van der Waals surface area contributed by atoms with Crippen LogP contribution in [0.1, 0.15) is 11.8 Å². The van der Waals surface area contributed by atoms with E-state index in [1.165, 1.54) is 4.88 Å². The minimum Gasteiger partial charge on any atom is -0.391 e. The second kappa shape index (κ2) is 4.21. The van der Waals surface area contributed by atoms with Crippen LogP contribution in [0.15, 0.2) is 24.5 Å². The van der Waals surface area contributed by atoms with E-state index in [2.05, 4.69) is 11.9 Å². The van der Waals surface area contributed by atoms with Gasteiger partial charge in [0.25, 0.3) is 0 Å². The molecule has 0 saturated heterocycles. The van der Waals surface area contributed by atoms with E-state index in [9.17, 15) is 0 Å². The summed E-state index contributed by atoms with van der Waals surface area (Å²) in [5, 5.41) is 1.50. The van der Waals surface area contributed by atoms with E-state index in [1.54, 1.807) is 23.7 Å². The highest BCUT2D eigenvalue weighted by molar-refractivity contribution is 7.16. The molecule has 2 aromatic rings. The van der Waals surface area contributed by atoms with Gasteiger partial charge >= 0.3 is 0 Å². The van der Waals surface area contributed by atoms with Crippen molar-refractivity contribution in [1.82, 2.24) is 4.98 Å². The highest BCUT2D eigenvalue weighted by atomic mass is 35.5. The van der Waals surface area contributed by atoms with E-state index in [-0.39, 0.29) is 0 Å². The molecular formula is C11H11ClN2S. The lowest BCUT2D eigenvalue weighted by atomic mass is 10.1. The van der Waals surface area contributed by atoms with Crippen LogP contribution < -0.4 is 5.73 Å². The second-order valence-corrected chi connectivity index (χ2v) is 4.77. The van der Waals surface area contributed by atoms with Crippen LogP contribution in [-0.2, 0) is 6.42 Å². The Morgan fingerprint density at radius 2 is 2.27 bits per heavy atom. The highest BCUT2D eigenvalue weighted by Crippen LogP contribution is 2.36. The lowest BCUT2D eigenvalue weighted by Gasteiger charge is -2.03. The molecule has 0 amide bonds. The Morgan fingerprint density at radius 3 is 2.93 bits per heavy atom. The zero-order chi connectivity index (χ0) is 10.8. The molecule has 2 N–H and O–H groups in total. The Balaban J connectivity index is 2.58. The first kappa shape index (κ1) is 10.5. The van der Waals surface area contributed by atoms with E-state index in [4.69, 9.17) is 17.3 Å². The first-order valence-electron chi connectivity index (χ1n) is 4.70. The van der Waals surface area contributed by atoms with Gasteiger partial charge in [-0.1, -0.05) is 18.5 Å². The average Bonchev–Trinajstić information content (AvgIpc) is 2.60. The van der Waals surface area contributed by atoms with E-state index in [1.807, 2.05) is 12.1 Å². The van der Waals surface area contributed by atoms with Gasteiger partial charge in [0, 0.05) is 22.8 Å². The fraction of sp³-hybridized carbons (Fsp3) is 0.182. The van der Waals surface area contributed by atoms with Gasteiger partial charge in [-0.3, -0.25) is 4.98 Å². The van der Waals surface area contributed by atoms with Crippen molar-refractivity contribution < 1.29 is 0 Å². The molecule has 2 rings (SSSR count). The Bertz CT molecular complexity index is 479. The van der Waals surface area contributed by atoms with Crippen LogP contribution in [0.4, 0.5) is 5.00 Å². The Labute approximate surface area is 97.7 Å². The molecule has 0 aliphatic heterocycles. The molecular weight excluding hydrogens is 228 g/mol. The van der Waals surface area contributed by atoms with Gasteiger partial charge in [0.2, 0.25) is 0 Å². The smallest absolute Gasteiger partial charge is 0.0865 e. The van der Waals surface area contributed by atoms with E-state index in [0.717, 1.165) is 22.5 Å². The third-order valence-electron chi connectivity index (χ3n) is 2.21. The third-order valence-corrected chi connectivity index (χ3v) is 3.62. The molecule has 2 nitrogen and oxygen atoms in total. The van der Waals surface area contributed by atoms with Crippen LogP contribution in [0.3, 0.4) is 0 Å². The number of hydrogen-bond donors (Lipinski definition) is 1. The van der Waals surface area contributed by atoms with Crippen molar-refractivity contribution in [3.63, 3.8) is 0 Å². The summed E-state index contributed by atoms with van der Waals surface area (Å²) in [7, 11) is 0. The second-order valence-electron chi connectivity index (χ2n) is 3.19. The summed E-state index contributed by atoms with van der Waals surface area (Å²) in [5.41, 5.74) is 7.94. The monoisotopic (exact) mass is 238 g/mol. The number of thiophene rings is 1. The number of hydrogen-bond acceptors (Lipinski definition) is 3. The summed E-state index contributed by atoms with van der Waals surface area (Å²) in [6.07, 6.45) is 4.37. The van der Waals surface area contributed by atoms with Crippen LogP contribution in [-0.4, -0.2) is 4.98 Å². The van der Waals surface area contributed by atoms with Gasteiger partial charge < -0.3 is 5.73 Å².